The Morgan fingerprint density at radius 1 is 0.917 bits per heavy atom. The molecular weight excluding hydrogens is 300 g/mol. The molecule has 118 valence electrons. The first-order valence-corrected chi connectivity index (χ1v) is 7.68. The number of hydrogen-bond donors (Lipinski definition) is 1. The molecule has 0 spiro atoms. The van der Waals surface area contributed by atoms with E-state index in [9.17, 15) is 0 Å². The van der Waals surface area contributed by atoms with Crippen LogP contribution >= 0.6 is 0 Å². The van der Waals surface area contributed by atoms with Crippen molar-refractivity contribution in [2.45, 2.75) is 6.92 Å². The number of imidazole rings is 1. The van der Waals surface area contributed by atoms with Gasteiger partial charge in [-0.25, -0.2) is 15.0 Å². The summed E-state index contributed by atoms with van der Waals surface area (Å²) in [5.41, 5.74) is 5.16. The zero-order valence-electron chi connectivity index (χ0n) is 13.4. The van der Waals surface area contributed by atoms with Crippen molar-refractivity contribution in [2.75, 3.05) is 12.4 Å². The average molecular weight is 316 g/mol. The van der Waals surface area contributed by atoms with Gasteiger partial charge in [0.15, 0.2) is 0 Å². The highest BCUT2D eigenvalue weighted by molar-refractivity contribution is 5.79. The predicted molar refractivity (Wildman–Crippen MR) is 93.7 cm³/mol. The number of anilines is 1. The molecule has 0 atom stereocenters. The normalized spacial score (nSPS) is 10.9. The summed E-state index contributed by atoms with van der Waals surface area (Å²) in [6, 6.07) is 13.7. The second-order valence-corrected chi connectivity index (χ2v) is 5.42. The molecule has 0 bridgehead atoms. The van der Waals surface area contributed by atoms with Crippen LogP contribution in [0.4, 0.5) is 5.95 Å². The van der Waals surface area contributed by atoms with Gasteiger partial charge in [0.25, 0.3) is 0 Å². The summed E-state index contributed by atoms with van der Waals surface area (Å²) in [5.74, 6) is 0.571. The molecule has 0 saturated heterocycles. The topological polar surface area (TPSA) is 68.0 Å². The maximum atomic E-state index is 4.78. The number of pyridine rings is 2. The molecule has 0 saturated carbocycles. The predicted octanol–water partition coefficient (Wildman–Crippen LogP) is 3.20. The van der Waals surface area contributed by atoms with E-state index in [2.05, 4.69) is 20.3 Å². The van der Waals surface area contributed by atoms with Crippen LogP contribution in [0.25, 0.3) is 28.4 Å². The fourth-order valence-electron chi connectivity index (χ4n) is 2.71. The van der Waals surface area contributed by atoms with Gasteiger partial charge in [-0.2, -0.15) is 0 Å². The molecule has 4 rings (SSSR count). The second-order valence-electron chi connectivity index (χ2n) is 5.42. The third-order valence-corrected chi connectivity index (χ3v) is 3.78. The van der Waals surface area contributed by atoms with Crippen LogP contribution in [0.15, 0.2) is 54.9 Å². The molecule has 6 heteroatoms. The fraction of sp³-hybridized carbons (Fsp3) is 0.111. The summed E-state index contributed by atoms with van der Waals surface area (Å²) in [6.45, 7) is 1.97. The lowest BCUT2D eigenvalue weighted by Gasteiger charge is -2.06. The molecule has 0 radical (unpaired) electrons. The van der Waals surface area contributed by atoms with Crippen LogP contribution in [0.3, 0.4) is 0 Å². The fourth-order valence-corrected chi connectivity index (χ4v) is 2.71. The lowest BCUT2D eigenvalue weighted by Crippen LogP contribution is -1.99. The van der Waals surface area contributed by atoms with Crippen molar-refractivity contribution in [1.82, 2.24) is 24.3 Å². The molecule has 0 aliphatic carbocycles. The van der Waals surface area contributed by atoms with Crippen LogP contribution in [0, 0.1) is 6.92 Å². The number of rotatable bonds is 3. The largest absolute Gasteiger partial charge is 0.357 e. The van der Waals surface area contributed by atoms with Crippen LogP contribution in [-0.4, -0.2) is 31.4 Å². The summed E-state index contributed by atoms with van der Waals surface area (Å²) in [6.07, 6.45) is 3.72. The van der Waals surface area contributed by atoms with Crippen LogP contribution in [-0.2, 0) is 0 Å². The van der Waals surface area contributed by atoms with Crippen LogP contribution in [0.2, 0.25) is 0 Å². The lowest BCUT2D eigenvalue weighted by molar-refractivity contribution is 1.12. The Hall–Kier alpha value is -3.28. The molecule has 0 aliphatic heterocycles. The summed E-state index contributed by atoms with van der Waals surface area (Å²) >= 11 is 0. The number of nitrogens with one attached hydrogen (secondary N) is 1. The van der Waals surface area contributed by atoms with Crippen molar-refractivity contribution in [3.63, 3.8) is 0 Å². The van der Waals surface area contributed by atoms with Gasteiger partial charge in [0, 0.05) is 25.1 Å². The summed E-state index contributed by atoms with van der Waals surface area (Å²) in [5, 5.41) is 2.98. The second kappa shape index (κ2) is 5.73. The Morgan fingerprint density at radius 2 is 1.83 bits per heavy atom. The smallest absolute Gasteiger partial charge is 0.222 e. The average Bonchev–Trinajstić information content (AvgIpc) is 3.01. The monoisotopic (exact) mass is 316 g/mol. The molecular formula is C18H16N6. The van der Waals surface area contributed by atoms with Gasteiger partial charge in [-0.15, -0.1) is 0 Å². The lowest BCUT2D eigenvalue weighted by atomic mass is 10.1. The first-order valence-electron chi connectivity index (χ1n) is 7.68. The minimum Gasteiger partial charge on any atom is -0.357 e. The minimum atomic E-state index is 0.571. The van der Waals surface area contributed by atoms with Gasteiger partial charge in [0.05, 0.1) is 11.4 Å². The highest BCUT2D eigenvalue weighted by atomic mass is 15.1. The minimum absolute atomic E-state index is 0.571. The van der Waals surface area contributed by atoms with E-state index in [1.54, 1.807) is 13.2 Å². The van der Waals surface area contributed by atoms with Crippen molar-refractivity contribution in [3.05, 3.63) is 60.6 Å². The first-order chi connectivity index (χ1) is 11.8. The molecule has 0 unspecified atom stereocenters. The van der Waals surface area contributed by atoms with Gasteiger partial charge >= 0.3 is 0 Å². The van der Waals surface area contributed by atoms with Crippen LogP contribution in [0.5, 0.6) is 0 Å². The summed E-state index contributed by atoms with van der Waals surface area (Å²) in [4.78, 5) is 18.2. The van der Waals surface area contributed by atoms with Crippen molar-refractivity contribution >= 4 is 11.6 Å². The van der Waals surface area contributed by atoms with Crippen molar-refractivity contribution < 1.29 is 0 Å². The Balaban J connectivity index is 2.03. The third kappa shape index (κ3) is 2.38. The number of aryl methyl sites for hydroxylation is 1. The van der Waals surface area contributed by atoms with Crippen molar-refractivity contribution in [1.29, 1.82) is 0 Å². The van der Waals surface area contributed by atoms with E-state index >= 15 is 0 Å². The van der Waals surface area contributed by atoms with E-state index in [4.69, 9.17) is 4.98 Å². The molecule has 4 aromatic rings. The molecule has 4 aromatic heterocycles. The van der Waals surface area contributed by atoms with E-state index in [1.807, 2.05) is 60.0 Å². The third-order valence-electron chi connectivity index (χ3n) is 3.78. The van der Waals surface area contributed by atoms with Gasteiger partial charge in [-0.3, -0.25) is 9.38 Å². The SMILES string of the molecule is CNc1nccc(-c2c(-c3cccc(C)n3)nc3ccccn23)n1. The molecule has 6 nitrogen and oxygen atoms in total. The number of hydrogen-bond acceptors (Lipinski definition) is 5. The molecule has 0 fully saturated rings. The number of nitrogens with zero attached hydrogens (tertiary/aromatic N) is 5. The Labute approximate surface area is 139 Å². The Bertz CT molecular complexity index is 1020. The van der Waals surface area contributed by atoms with Crippen molar-refractivity contribution in [2.24, 2.45) is 0 Å². The standard InChI is InChI=1S/C18H16N6/c1-12-6-5-7-13(21-12)16-17(14-9-10-20-18(19-2)22-14)24-11-4-3-8-15(24)23-16/h3-11H,1-2H3,(H,19,20,22). The molecule has 0 aromatic carbocycles. The summed E-state index contributed by atoms with van der Waals surface area (Å²) in [7, 11) is 1.80. The van der Waals surface area contributed by atoms with E-state index in [0.717, 1.165) is 34.1 Å². The van der Waals surface area contributed by atoms with Crippen molar-refractivity contribution in [3.8, 4) is 22.8 Å². The van der Waals surface area contributed by atoms with E-state index in [1.165, 1.54) is 0 Å². The van der Waals surface area contributed by atoms with Gasteiger partial charge in [0.1, 0.15) is 17.0 Å². The molecule has 24 heavy (non-hydrogen) atoms. The molecule has 4 heterocycles. The van der Waals surface area contributed by atoms with E-state index in [-0.39, 0.29) is 0 Å². The van der Waals surface area contributed by atoms with E-state index in [0.29, 0.717) is 5.95 Å². The van der Waals surface area contributed by atoms with Gasteiger partial charge in [-0.1, -0.05) is 12.1 Å². The first kappa shape index (κ1) is 14.3. The highest BCUT2D eigenvalue weighted by Crippen LogP contribution is 2.31. The van der Waals surface area contributed by atoms with Crippen LogP contribution in [0.1, 0.15) is 5.69 Å². The van der Waals surface area contributed by atoms with Crippen LogP contribution < -0.4 is 5.32 Å². The number of fused-ring (bicyclic) bond motifs is 1. The highest BCUT2D eigenvalue weighted by Gasteiger charge is 2.18. The number of aromatic nitrogens is 5. The summed E-state index contributed by atoms with van der Waals surface area (Å²) < 4.78 is 2.03. The van der Waals surface area contributed by atoms with Gasteiger partial charge < -0.3 is 5.32 Å². The molecule has 1 N–H and O–H groups in total. The van der Waals surface area contributed by atoms with E-state index < -0.39 is 0 Å². The maximum Gasteiger partial charge on any atom is 0.222 e. The van der Waals surface area contributed by atoms with Gasteiger partial charge in [0.2, 0.25) is 5.95 Å². The maximum absolute atomic E-state index is 4.78. The molecule has 0 amide bonds. The van der Waals surface area contributed by atoms with Gasteiger partial charge in [-0.05, 0) is 37.3 Å². The Kier molecular flexibility index (Phi) is 3.42. The molecule has 0 aliphatic rings. The quantitative estimate of drug-likeness (QED) is 0.628. The zero-order valence-corrected chi connectivity index (χ0v) is 13.4. The Morgan fingerprint density at radius 3 is 2.67 bits per heavy atom. The zero-order chi connectivity index (χ0) is 16.5.